The highest BCUT2D eigenvalue weighted by Crippen LogP contribution is 2.14. The second-order valence-corrected chi connectivity index (χ2v) is 3.71. The molecule has 90 valence electrons. The Labute approximate surface area is 92.4 Å². The highest BCUT2D eigenvalue weighted by molar-refractivity contribution is 7.80. The zero-order valence-corrected chi connectivity index (χ0v) is 9.33. The Morgan fingerprint density at radius 1 is 1.40 bits per heavy atom. The number of rotatable bonds is 7. The van der Waals surface area contributed by atoms with Crippen molar-refractivity contribution in [3.63, 3.8) is 0 Å². The minimum absolute atomic E-state index is 0.0490. The fraction of sp³-hybridized carbons (Fsp3) is 0.875. The van der Waals surface area contributed by atoms with Crippen LogP contribution in [-0.4, -0.2) is 49.4 Å². The first-order valence-electron chi connectivity index (χ1n) is 4.42. The largest absolute Gasteiger partial charge is 0.411 e. The van der Waals surface area contributed by atoms with Gasteiger partial charge in [-0.3, -0.25) is 0 Å². The average molecular weight is 244 g/mol. The summed E-state index contributed by atoms with van der Waals surface area (Å²) in [4.78, 5) is 2.22. The molecule has 0 bridgehead atoms. The average Bonchev–Trinajstić information content (AvgIpc) is 2.07. The summed E-state index contributed by atoms with van der Waals surface area (Å²) in [6.07, 6.45) is -3.69. The molecule has 0 atom stereocenters. The Morgan fingerprint density at radius 3 is 2.47 bits per heavy atom. The van der Waals surface area contributed by atoms with Crippen molar-refractivity contribution in [2.75, 3.05) is 33.4 Å². The molecule has 0 unspecified atom stereocenters. The van der Waals surface area contributed by atoms with E-state index < -0.39 is 12.8 Å². The molecule has 7 heteroatoms. The van der Waals surface area contributed by atoms with Gasteiger partial charge in [-0.15, -0.1) is 0 Å². The lowest BCUT2D eigenvalue weighted by atomic mass is 10.4. The van der Waals surface area contributed by atoms with Gasteiger partial charge in [-0.05, 0) is 7.05 Å². The predicted octanol–water partition coefficient (Wildman–Crippen LogP) is 1.17. The van der Waals surface area contributed by atoms with Gasteiger partial charge in [-0.1, -0.05) is 12.2 Å². The molecule has 0 amide bonds. The van der Waals surface area contributed by atoms with E-state index in [4.69, 9.17) is 5.73 Å². The van der Waals surface area contributed by atoms with E-state index in [0.29, 0.717) is 24.5 Å². The van der Waals surface area contributed by atoms with Gasteiger partial charge < -0.3 is 15.4 Å². The maximum Gasteiger partial charge on any atom is 0.411 e. The van der Waals surface area contributed by atoms with Crippen LogP contribution in [0.3, 0.4) is 0 Å². The van der Waals surface area contributed by atoms with Gasteiger partial charge in [0.15, 0.2) is 0 Å². The van der Waals surface area contributed by atoms with Crippen molar-refractivity contribution in [1.82, 2.24) is 4.90 Å². The van der Waals surface area contributed by atoms with Crippen molar-refractivity contribution in [2.24, 2.45) is 5.73 Å². The topological polar surface area (TPSA) is 38.5 Å². The van der Waals surface area contributed by atoms with E-state index in [-0.39, 0.29) is 6.61 Å². The molecule has 2 N–H and O–H groups in total. The summed E-state index contributed by atoms with van der Waals surface area (Å²) in [5.74, 6) is 0. The number of nitrogens with zero attached hydrogens (tertiary/aromatic N) is 1. The first kappa shape index (κ1) is 14.6. The number of ether oxygens (including phenoxy) is 1. The molecule has 0 heterocycles. The van der Waals surface area contributed by atoms with Crippen molar-refractivity contribution < 1.29 is 17.9 Å². The van der Waals surface area contributed by atoms with Gasteiger partial charge in [0.05, 0.1) is 11.6 Å². The molecule has 0 radical (unpaired) electrons. The van der Waals surface area contributed by atoms with Crippen molar-refractivity contribution in [3.8, 4) is 0 Å². The van der Waals surface area contributed by atoms with Gasteiger partial charge in [0.2, 0.25) is 0 Å². The van der Waals surface area contributed by atoms with Crippen LogP contribution in [0.2, 0.25) is 0 Å². The van der Waals surface area contributed by atoms with Crippen LogP contribution in [0.15, 0.2) is 0 Å². The van der Waals surface area contributed by atoms with E-state index in [2.05, 4.69) is 17.0 Å². The second-order valence-electron chi connectivity index (χ2n) is 3.19. The molecule has 0 spiro atoms. The second kappa shape index (κ2) is 6.97. The minimum Gasteiger partial charge on any atom is -0.393 e. The summed E-state index contributed by atoms with van der Waals surface area (Å²) in [6, 6.07) is 0. The zero-order chi connectivity index (χ0) is 11.9. The molecule has 0 rings (SSSR count). The van der Waals surface area contributed by atoms with E-state index in [1.165, 1.54) is 0 Å². The van der Waals surface area contributed by atoms with Crippen molar-refractivity contribution in [1.29, 1.82) is 0 Å². The smallest absolute Gasteiger partial charge is 0.393 e. The van der Waals surface area contributed by atoms with Gasteiger partial charge in [-0.25, -0.2) is 0 Å². The zero-order valence-electron chi connectivity index (χ0n) is 8.51. The lowest BCUT2D eigenvalue weighted by molar-refractivity contribution is -0.174. The van der Waals surface area contributed by atoms with Crippen LogP contribution in [-0.2, 0) is 4.74 Å². The maximum absolute atomic E-state index is 11.7. The van der Waals surface area contributed by atoms with Crippen LogP contribution in [0.25, 0.3) is 0 Å². The summed E-state index contributed by atoms with van der Waals surface area (Å²) >= 11 is 4.67. The van der Waals surface area contributed by atoms with Crippen LogP contribution in [0.5, 0.6) is 0 Å². The molecule has 15 heavy (non-hydrogen) atoms. The molecule has 0 aliphatic rings. The molecule has 0 aromatic rings. The Morgan fingerprint density at radius 2 is 2.00 bits per heavy atom. The van der Waals surface area contributed by atoms with Gasteiger partial charge in [-0.2, -0.15) is 13.2 Å². The molecular formula is C8H15F3N2OS. The van der Waals surface area contributed by atoms with E-state index in [9.17, 15) is 13.2 Å². The molecule has 0 saturated carbocycles. The number of hydrogen-bond acceptors (Lipinski definition) is 3. The SMILES string of the molecule is CN(CCOCC(F)(F)F)CCC(N)=S. The van der Waals surface area contributed by atoms with Gasteiger partial charge in [0.1, 0.15) is 6.61 Å². The number of thiocarbonyl (C=S) groups is 1. The van der Waals surface area contributed by atoms with Crippen molar-refractivity contribution in [3.05, 3.63) is 0 Å². The molecule has 0 aromatic carbocycles. The number of alkyl halides is 3. The minimum atomic E-state index is -4.25. The molecule has 0 aliphatic carbocycles. The Balaban J connectivity index is 3.39. The number of halogens is 3. The van der Waals surface area contributed by atoms with E-state index in [0.717, 1.165) is 0 Å². The van der Waals surface area contributed by atoms with E-state index in [1.54, 1.807) is 7.05 Å². The number of likely N-dealkylation sites (N-methyl/N-ethyl adjacent to an activating group) is 1. The third-order valence-corrected chi connectivity index (χ3v) is 1.83. The van der Waals surface area contributed by atoms with E-state index in [1.807, 2.05) is 4.90 Å². The third kappa shape index (κ3) is 11.5. The summed E-state index contributed by atoms with van der Waals surface area (Å²) in [5, 5.41) is 0. The first-order chi connectivity index (χ1) is 6.81. The van der Waals surface area contributed by atoms with Crippen LogP contribution < -0.4 is 5.73 Å². The molecule has 0 aromatic heterocycles. The lowest BCUT2D eigenvalue weighted by Gasteiger charge is -2.16. The Kier molecular flexibility index (Phi) is 6.78. The highest BCUT2D eigenvalue weighted by atomic mass is 32.1. The van der Waals surface area contributed by atoms with Crippen LogP contribution in [0.1, 0.15) is 6.42 Å². The highest BCUT2D eigenvalue weighted by Gasteiger charge is 2.27. The summed E-state index contributed by atoms with van der Waals surface area (Å²) in [7, 11) is 1.77. The summed E-state index contributed by atoms with van der Waals surface area (Å²) in [5.41, 5.74) is 5.28. The normalized spacial score (nSPS) is 12.1. The van der Waals surface area contributed by atoms with Gasteiger partial charge in [0.25, 0.3) is 0 Å². The fourth-order valence-electron chi connectivity index (χ4n) is 0.821. The van der Waals surface area contributed by atoms with Crippen LogP contribution in [0, 0.1) is 0 Å². The lowest BCUT2D eigenvalue weighted by Crippen LogP contribution is -2.28. The summed E-state index contributed by atoms with van der Waals surface area (Å²) < 4.78 is 39.4. The van der Waals surface area contributed by atoms with Crippen molar-refractivity contribution >= 4 is 17.2 Å². The maximum atomic E-state index is 11.7. The Bertz CT molecular complexity index is 199. The van der Waals surface area contributed by atoms with Crippen LogP contribution >= 0.6 is 12.2 Å². The van der Waals surface area contributed by atoms with Crippen LogP contribution in [0.4, 0.5) is 13.2 Å². The summed E-state index contributed by atoms with van der Waals surface area (Å²) in [6.45, 7) is -0.0904. The molecule has 0 saturated heterocycles. The number of nitrogens with two attached hydrogens (primary N) is 1. The first-order valence-corrected chi connectivity index (χ1v) is 4.83. The van der Waals surface area contributed by atoms with Gasteiger partial charge >= 0.3 is 6.18 Å². The molecule has 0 aliphatic heterocycles. The van der Waals surface area contributed by atoms with Gasteiger partial charge in [0, 0.05) is 19.5 Å². The predicted molar refractivity (Wildman–Crippen MR) is 55.8 cm³/mol. The molecule has 0 fully saturated rings. The monoisotopic (exact) mass is 244 g/mol. The molecule has 3 nitrogen and oxygen atoms in total. The number of hydrogen-bond donors (Lipinski definition) is 1. The fourth-order valence-corrected chi connectivity index (χ4v) is 0.912. The quantitative estimate of drug-likeness (QED) is 0.539. The van der Waals surface area contributed by atoms with E-state index >= 15 is 0 Å². The molecular weight excluding hydrogens is 229 g/mol. The third-order valence-electron chi connectivity index (χ3n) is 1.62. The standard InChI is InChI=1S/C8H15F3N2OS/c1-13(3-2-7(12)15)4-5-14-6-8(9,10)11/h2-6H2,1H3,(H2,12,15). The van der Waals surface area contributed by atoms with Crippen molar-refractivity contribution in [2.45, 2.75) is 12.6 Å². The Hall–Kier alpha value is -0.400.